The number of aromatic nitrogens is 1. The topological polar surface area (TPSA) is 49.3 Å². The number of guanidine groups is 1. The number of hydrogen-bond acceptors (Lipinski definition) is 2. The Balaban J connectivity index is 0.00000225. The van der Waals surface area contributed by atoms with E-state index in [1.54, 1.807) is 0 Å². The van der Waals surface area contributed by atoms with E-state index in [0.29, 0.717) is 6.54 Å². The Morgan fingerprint density at radius 2 is 1.88 bits per heavy atom. The molecule has 134 valence electrons. The number of aryl methyl sites for hydroxylation is 1. The van der Waals surface area contributed by atoms with E-state index in [4.69, 9.17) is 0 Å². The number of halogens is 1. The maximum atomic E-state index is 4.66. The molecule has 5 heteroatoms. The van der Waals surface area contributed by atoms with Gasteiger partial charge in [0.1, 0.15) is 0 Å². The molecule has 1 aliphatic carbocycles. The summed E-state index contributed by atoms with van der Waals surface area (Å²) in [6, 6.07) is 14.6. The van der Waals surface area contributed by atoms with Crippen molar-refractivity contribution in [1.82, 2.24) is 15.6 Å². The average Bonchev–Trinajstić information content (AvgIpc) is 3.40. The lowest BCUT2D eigenvalue weighted by Crippen LogP contribution is -2.41. The number of pyridine rings is 1. The molecular formula is C20H27IN4. The Morgan fingerprint density at radius 3 is 2.52 bits per heavy atom. The van der Waals surface area contributed by atoms with Crippen LogP contribution in [0, 0.1) is 6.92 Å². The molecule has 2 N–H and O–H groups in total. The smallest absolute Gasteiger partial charge is 0.191 e. The number of nitrogens with zero attached hydrogens (tertiary/aromatic N) is 2. The maximum Gasteiger partial charge on any atom is 0.191 e. The van der Waals surface area contributed by atoms with Crippen LogP contribution in [0.4, 0.5) is 0 Å². The van der Waals surface area contributed by atoms with E-state index < -0.39 is 0 Å². The normalized spacial score (nSPS) is 15.2. The van der Waals surface area contributed by atoms with Crippen LogP contribution in [0.25, 0.3) is 0 Å². The van der Waals surface area contributed by atoms with Crippen molar-refractivity contribution in [3.05, 3.63) is 65.5 Å². The Kier molecular flexibility index (Phi) is 7.23. The van der Waals surface area contributed by atoms with Crippen LogP contribution >= 0.6 is 24.0 Å². The third-order valence-corrected chi connectivity index (χ3v) is 4.63. The molecule has 0 saturated heterocycles. The zero-order valence-corrected chi connectivity index (χ0v) is 17.3. The van der Waals surface area contributed by atoms with Crippen molar-refractivity contribution in [3.8, 4) is 0 Å². The quantitative estimate of drug-likeness (QED) is 0.400. The monoisotopic (exact) mass is 450 g/mol. The van der Waals surface area contributed by atoms with Crippen LogP contribution in [0.5, 0.6) is 0 Å². The van der Waals surface area contributed by atoms with E-state index >= 15 is 0 Å². The molecule has 0 aliphatic heterocycles. The first-order chi connectivity index (χ1) is 11.7. The second-order valence-corrected chi connectivity index (χ2v) is 6.47. The summed E-state index contributed by atoms with van der Waals surface area (Å²) < 4.78 is 0. The molecular weight excluding hydrogens is 423 g/mol. The average molecular weight is 450 g/mol. The summed E-state index contributed by atoms with van der Waals surface area (Å²) in [6.07, 6.45) is 4.29. The van der Waals surface area contributed by atoms with Gasteiger partial charge in [-0.15, -0.1) is 24.0 Å². The largest absolute Gasteiger partial charge is 0.357 e. The summed E-state index contributed by atoms with van der Waals surface area (Å²) in [4.78, 5) is 8.99. The molecule has 1 fully saturated rings. The molecule has 0 radical (unpaired) electrons. The molecule has 0 bridgehead atoms. The maximum absolute atomic E-state index is 4.66. The molecule has 1 aromatic carbocycles. The first-order valence-electron chi connectivity index (χ1n) is 8.72. The molecule has 0 unspecified atom stereocenters. The van der Waals surface area contributed by atoms with Gasteiger partial charge in [-0.05, 0) is 49.9 Å². The molecule has 1 heterocycles. The fraction of sp³-hybridized carbons (Fsp3) is 0.400. The highest BCUT2D eigenvalue weighted by Crippen LogP contribution is 2.48. The second-order valence-electron chi connectivity index (χ2n) is 6.47. The highest BCUT2D eigenvalue weighted by molar-refractivity contribution is 14.0. The van der Waals surface area contributed by atoms with E-state index in [0.717, 1.165) is 24.7 Å². The highest BCUT2D eigenvalue weighted by Gasteiger charge is 2.44. The van der Waals surface area contributed by atoms with E-state index in [-0.39, 0.29) is 29.4 Å². The van der Waals surface area contributed by atoms with E-state index in [1.807, 2.05) is 24.4 Å². The van der Waals surface area contributed by atoms with Gasteiger partial charge in [-0.1, -0.05) is 30.3 Å². The minimum atomic E-state index is 0. The van der Waals surface area contributed by atoms with Crippen LogP contribution < -0.4 is 10.6 Å². The Bertz CT molecular complexity index is 696. The van der Waals surface area contributed by atoms with Crippen LogP contribution in [0.3, 0.4) is 0 Å². The summed E-state index contributed by atoms with van der Waals surface area (Å²) in [5.41, 5.74) is 4.10. The van der Waals surface area contributed by atoms with Crippen molar-refractivity contribution in [1.29, 1.82) is 0 Å². The minimum Gasteiger partial charge on any atom is -0.357 e. The van der Waals surface area contributed by atoms with Crippen molar-refractivity contribution in [2.75, 3.05) is 13.1 Å². The van der Waals surface area contributed by atoms with Gasteiger partial charge in [0.15, 0.2) is 5.96 Å². The van der Waals surface area contributed by atoms with Crippen molar-refractivity contribution in [3.63, 3.8) is 0 Å². The van der Waals surface area contributed by atoms with Crippen molar-refractivity contribution in [2.24, 2.45) is 4.99 Å². The number of rotatable bonds is 6. The summed E-state index contributed by atoms with van der Waals surface area (Å²) in [5, 5.41) is 6.86. The molecule has 0 atom stereocenters. The number of benzene rings is 1. The predicted octanol–water partition coefficient (Wildman–Crippen LogP) is 3.79. The molecule has 0 spiro atoms. The number of hydrogen-bond donors (Lipinski definition) is 2. The van der Waals surface area contributed by atoms with Crippen LogP contribution in [-0.4, -0.2) is 24.0 Å². The molecule has 1 saturated carbocycles. The first-order valence-corrected chi connectivity index (χ1v) is 8.72. The lowest BCUT2D eigenvalue weighted by Gasteiger charge is -2.20. The molecule has 3 rings (SSSR count). The third kappa shape index (κ3) is 5.17. The lowest BCUT2D eigenvalue weighted by atomic mass is 9.92. The van der Waals surface area contributed by atoms with Crippen LogP contribution in [0.15, 0.2) is 53.7 Å². The Hall–Kier alpha value is -1.63. The molecule has 25 heavy (non-hydrogen) atoms. The van der Waals surface area contributed by atoms with Gasteiger partial charge >= 0.3 is 0 Å². The predicted molar refractivity (Wildman–Crippen MR) is 115 cm³/mol. The van der Waals surface area contributed by atoms with Gasteiger partial charge in [0.05, 0.1) is 12.2 Å². The van der Waals surface area contributed by atoms with E-state index in [2.05, 4.69) is 58.7 Å². The molecule has 2 aromatic rings. The Morgan fingerprint density at radius 1 is 1.12 bits per heavy atom. The van der Waals surface area contributed by atoms with Crippen LogP contribution in [0.2, 0.25) is 0 Å². The molecule has 1 aliphatic rings. The lowest BCUT2D eigenvalue weighted by molar-refractivity contribution is 0.642. The summed E-state index contributed by atoms with van der Waals surface area (Å²) in [5.74, 6) is 0.864. The zero-order valence-electron chi connectivity index (χ0n) is 15.0. The van der Waals surface area contributed by atoms with E-state index in [1.165, 1.54) is 24.0 Å². The fourth-order valence-electron chi connectivity index (χ4n) is 3.11. The fourth-order valence-corrected chi connectivity index (χ4v) is 3.11. The number of nitrogens with one attached hydrogen (secondary N) is 2. The van der Waals surface area contributed by atoms with Gasteiger partial charge in [-0.3, -0.25) is 4.98 Å². The van der Waals surface area contributed by atoms with E-state index in [9.17, 15) is 0 Å². The van der Waals surface area contributed by atoms with Crippen LogP contribution in [0.1, 0.15) is 36.6 Å². The molecule has 4 nitrogen and oxygen atoms in total. The molecule has 0 amide bonds. The number of aliphatic imine (C=N–C) groups is 1. The first kappa shape index (κ1) is 19.7. The van der Waals surface area contributed by atoms with Crippen molar-refractivity contribution in [2.45, 2.75) is 38.6 Å². The van der Waals surface area contributed by atoms with Crippen molar-refractivity contribution < 1.29 is 0 Å². The zero-order chi connectivity index (χ0) is 16.8. The van der Waals surface area contributed by atoms with Gasteiger partial charge in [0.25, 0.3) is 0 Å². The van der Waals surface area contributed by atoms with Gasteiger partial charge < -0.3 is 10.6 Å². The van der Waals surface area contributed by atoms with Crippen LogP contribution in [-0.2, 0) is 12.0 Å². The minimum absolute atomic E-state index is 0. The Labute approximate surface area is 167 Å². The van der Waals surface area contributed by atoms with Gasteiger partial charge in [0, 0.05) is 24.7 Å². The summed E-state index contributed by atoms with van der Waals surface area (Å²) in [6.45, 7) is 6.66. The standard InChI is InChI=1S/C20H26N4.HI/c1-3-21-19(23-14-17-9-6-7-13-22-17)24-15-20(11-12-20)18-10-5-4-8-16(18)2;/h4-10,13H,3,11-12,14-15H2,1-2H3,(H2,21,23,24);1H. The van der Waals surface area contributed by atoms with Crippen molar-refractivity contribution >= 4 is 29.9 Å². The molecule has 1 aromatic heterocycles. The highest BCUT2D eigenvalue weighted by atomic mass is 127. The summed E-state index contributed by atoms with van der Waals surface area (Å²) >= 11 is 0. The SMILES string of the molecule is CCNC(=NCc1ccccn1)NCC1(c2ccccc2C)CC1.I. The second kappa shape index (κ2) is 9.17. The van der Waals surface area contributed by atoms with Gasteiger partial charge in [-0.25, -0.2) is 4.99 Å². The summed E-state index contributed by atoms with van der Waals surface area (Å²) in [7, 11) is 0. The third-order valence-electron chi connectivity index (χ3n) is 4.63. The van der Waals surface area contributed by atoms with Gasteiger partial charge in [0.2, 0.25) is 0 Å². The van der Waals surface area contributed by atoms with Gasteiger partial charge in [-0.2, -0.15) is 0 Å².